The molecule has 20 heavy (non-hydrogen) atoms. The van der Waals surface area contributed by atoms with Crippen molar-refractivity contribution >= 4 is 5.91 Å². The van der Waals surface area contributed by atoms with Gasteiger partial charge < -0.3 is 20.5 Å². The van der Waals surface area contributed by atoms with Gasteiger partial charge in [-0.05, 0) is 43.0 Å². The van der Waals surface area contributed by atoms with Crippen molar-refractivity contribution in [3.05, 3.63) is 23.8 Å². The van der Waals surface area contributed by atoms with Crippen LogP contribution in [-0.2, 0) is 11.3 Å². The van der Waals surface area contributed by atoms with Crippen LogP contribution in [0.25, 0.3) is 0 Å². The summed E-state index contributed by atoms with van der Waals surface area (Å²) < 4.78 is 10.6. The van der Waals surface area contributed by atoms with Gasteiger partial charge in [-0.3, -0.25) is 4.79 Å². The first-order valence-corrected chi connectivity index (χ1v) is 7.14. The standard InChI is InChI=1S/C15H20N2O3/c16-7-11-2-1-3-12(11)15(18)17-8-10-4-5-13-14(6-10)20-9-19-13/h4-6,11-12H,1-3,7-9,16H2,(H,17,18). The quantitative estimate of drug-likeness (QED) is 0.872. The van der Waals surface area contributed by atoms with E-state index >= 15 is 0 Å². The predicted molar refractivity (Wildman–Crippen MR) is 74.3 cm³/mol. The molecule has 1 aromatic rings. The molecular formula is C15H20N2O3. The van der Waals surface area contributed by atoms with Crippen molar-refractivity contribution in [3.8, 4) is 11.5 Å². The highest BCUT2D eigenvalue weighted by molar-refractivity contribution is 5.79. The van der Waals surface area contributed by atoms with Gasteiger partial charge >= 0.3 is 0 Å². The summed E-state index contributed by atoms with van der Waals surface area (Å²) in [7, 11) is 0. The number of carbonyl (C=O) groups is 1. The largest absolute Gasteiger partial charge is 0.454 e. The van der Waals surface area contributed by atoms with Gasteiger partial charge in [-0.2, -0.15) is 0 Å². The first-order chi connectivity index (χ1) is 9.78. The van der Waals surface area contributed by atoms with E-state index in [9.17, 15) is 4.79 Å². The van der Waals surface area contributed by atoms with Crippen LogP contribution in [0.3, 0.4) is 0 Å². The molecule has 0 radical (unpaired) electrons. The number of fused-ring (bicyclic) bond motifs is 1. The molecule has 1 amide bonds. The summed E-state index contributed by atoms with van der Waals surface area (Å²) in [5.74, 6) is 2.05. The molecule has 5 heteroatoms. The highest BCUT2D eigenvalue weighted by Crippen LogP contribution is 2.33. The zero-order chi connectivity index (χ0) is 13.9. The summed E-state index contributed by atoms with van der Waals surface area (Å²) in [6.07, 6.45) is 3.12. The summed E-state index contributed by atoms with van der Waals surface area (Å²) >= 11 is 0. The molecular weight excluding hydrogens is 256 g/mol. The van der Waals surface area contributed by atoms with Crippen molar-refractivity contribution in [2.24, 2.45) is 17.6 Å². The van der Waals surface area contributed by atoms with Gasteiger partial charge in [-0.1, -0.05) is 12.5 Å². The van der Waals surface area contributed by atoms with Gasteiger partial charge in [0, 0.05) is 12.5 Å². The molecule has 0 saturated heterocycles. The SMILES string of the molecule is NCC1CCCC1C(=O)NCc1ccc2c(c1)OCO2. The van der Waals surface area contributed by atoms with Crippen LogP contribution in [0, 0.1) is 11.8 Å². The van der Waals surface area contributed by atoms with Gasteiger partial charge in [0.05, 0.1) is 0 Å². The predicted octanol–water partition coefficient (Wildman–Crippen LogP) is 1.41. The molecule has 3 rings (SSSR count). The molecule has 2 unspecified atom stereocenters. The Morgan fingerprint density at radius 1 is 1.30 bits per heavy atom. The summed E-state index contributed by atoms with van der Waals surface area (Å²) in [6, 6.07) is 5.74. The number of nitrogens with one attached hydrogen (secondary N) is 1. The van der Waals surface area contributed by atoms with Gasteiger partial charge in [0.25, 0.3) is 0 Å². The lowest BCUT2D eigenvalue weighted by Crippen LogP contribution is -2.34. The molecule has 1 saturated carbocycles. The normalized spacial score (nSPS) is 23.9. The van der Waals surface area contributed by atoms with Crippen molar-refractivity contribution in [1.82, 2.24) is 5.32 Å². The third-order valence-electron chi connectivity index (χ3n) is 4.20. The zero-order valence-electron chi connectivity index (χ0n) is 11.4. The fourth-order valence-corrected chi connectivity index (χ4v) is 3.04. The molecule has 0 bridgehead atoms. The Hall–Kier alpha value is -1.75. The first kappa shape index (κ1) is 13.2. The van der Waals surface area contributed by atoms with E-state index in [-0.39, 0.29) is 18.6 Å². The minimum absolute atomic E-state index is 0.0778. The molecule has 5 nitrogen and oxygen atoms in total. The maximum absolute atomic E-state index is 12.2. The third-order valence-corrected chi connectivity index (χ3v) is 4.20. The van der Waals surface area contributed by atoms with Crippen LogP contribution in [0.5, 0.6) is 11.5 Å². The number of benzene rings is 1. The maximum Gasteiger partial charge on any atom is 0.231 e. The second-order valence-electron chi connectivity index (χ2n) is 5.44. The Labute approximate surface area is 118 Å². The summed E-state index contributed by atoms with van der Waals surface area (Å²) in [6.45, 7) is 1.39. The Balaban J connectivity index is 1.58. The summed E-state index contributed by atoms with van der Waals surface area (Å²) in [4.78, 5) is 12.2. The lowest BCUT2D eigenvalue weighted by Gasteiger charge is -2.17. The third kappa shape index (κ3) is 2.58. The number of amides is 1. The van der Waals surface area contributed by atoms with Gasteiger partial charge in [-0.15, -0.1) is 0 Å². The van der Waals surface area contributed by atoms with Crippen LogP contribution < -0.4 is 20.5 Å². The van der Waals surface area contributed by atoms with Crippen LogP contribution in [0.1, 0.15) is 24.8 Å². The topological polar surface area (TPSA) is 73.6 Å². The molecule has 1 heterocycles. The Kier molecular flexibility index (Phi) is 3.78. The van der Waals surface area contributed by atoms with E-state index < -0.39 is 0 Å². The fourth-order valence-electron chi connectivity index (χ4n) is 3.04. The molecule has 2 aliphatic rings. The molecule has 1 aromatic carbocycles. The van der Waals surface area contributed by atoms with Crippen LogP contribution >= 0.6 is 0 Å². The number of rotatable bonds is 4. The molecule has 1 aliphatic heterocycles. The second-order valence-corrected chi connectivity index (χ2v) is 5.44. The molecule has 108 valence electrons. The molecule has 0 spiro atoms. The van der Waals surface area contributed by atoms with Gasteiger partial charge in [0.2, 0.25) is 12.7 Å². The lowest BCUT2D eigenvalue weighted by atomic mass is 9.95. The van der Waals surface area contributed by atoms with E-state index in [0.717, 1.165) is 36.3 Å². The summed E-state index contributed by atoms with van der Waals surface area (Å²) in [5.41, 5.74) is 6.74. The van der Waals surface area contributed by atoms with Crippen LogP contribution in [0.4, 0.5) is 0 Å². The number of ether oxygens (including phenoxy) is 2. The van der Waals surface area contributed by atoms with Crippen LogP contribution in [0.2, 0.25) is 0 Å². The Bertz CT molecular complexity index is 504. The van der Waals surface area contributed by atoms with E-state index in [1.165, 1.54) is 0 Å². The number of hydrogen-bond acceptors (Lipinski definition) is 4. The van der Waals surface area contributed by atoms with Crippen molar-refractivity contribution < 1.29 is 14.3 Å². The number of carbonyl (C=O) groups excluding carboxylic acids is 1. The summed E-state index contributed by atoms with van der Waals surface area (Å²) in [5, 5.41) is 3.01. The second kappa shape index (κ2) is 5.71. The van der Waals surface area contributed by atoms with E-state index in [0.29, 0.717) is 19.0 Å². The Morgan fingerprint density at radius 2 is 2.15 bits per heavy atom. The first-order valence-electron chi connectivity index (χ1n) is 7.14. The molecule has 3 N–H and O–H groups in total. The zero-order valence-corrected chi connectivity index (χ0v) is 11.4. The van der Waals surface area contributed by atoms with Crippen molar-refractivity contribution in [2.75, 3.05) is 13.3 Å². The average Bonchev–Trinajstić information content (AvgIpc) is 3.12. The highest BCUT2D eigenvalue weighted by Gasteiger charge is 2.31. The van der Waals surface area contributed by atoms with Crippen molar-refractivity contribution in [2.45, 2.75) is 25.8 Å². The fraction of sp³-hybridized carbons (Fsp3) is 0.533. The smallest absolute Gasteiger partial charge is 0.231 e. The Morgan fingerprint density at radius 3 is 3.00 bits per heavy atom. The minimum atomic E-state index is 0.0778. The van der Waals surface area contributed by atoms with E-state index in [1.807, 2.05) is 18.2 Å². The minimum Gasteiger partial charge on any atom is -0.454 e. The number of nitrogens with two attached hydrogens (primary N) is 1. The van der Waals surface area contributed by atoms with E-state index in [1.54, 1.807) is 0 Å². The van der Waals surface area contributed by atoms with Crippen LogP contribution in [0.15, 0.2) is 18.2 Å². The van der Waals surface area contributed by atoms with Crippen LogP contribution in [-0.4, -0.2) is 19.2 Å². The van der Waals surface area contributed by atoms with Crippen molar-refractivity contribution in [1.29, 1.82) is 0 Å². The molecule has 1 aliphatic carbocycles. The lowest BCUT2D eigenvalue weighted by molar-refractivity contribution is -0.126. The van der Waals surface area contributed by atoms with E-state index in [4.69, 9.17) is 15.2 Å². The number of hydrogen-bond donors (Lipinski definition) is 2. The highest BCUT2D eigenvalue weighted by atomic mass is 16.7. The average molecular weight is 276 g/mol. The van der Waals surface area contributed by atoms with Gasteiger partial charge in [-0.25, -0.2) is 0 Å². The monoisotopic (exact) mass is 276 g/mol. The van der Waals surface area contributed by atoms with Crippen molar-refractivity contribution in [3.63, 3.8) is 0 Å². The van der Waals surface area contributed by atoms with E-state index in [2.05, 4.69) is 5.32 Å². The maximum atomic E-state index is 12.2. The van der Waals surface area contributed by atoms with Gasteiger partial charge in [0.1, 0.15) is 0 Å². The molecule has 1 fully saturated rings. The molecule has 0 aromatic heterocycles. The molecule has 2 atom stereocenters. The van der Waals surface area contributed by atoms with Gasteiger partial charge in [0.15, 0.2) is 11.5 Å².